The molecule has 0 spiro atoms. The molecule has 3 rings (SSSR count). The van der Waals surface area contributed by atoms with Gasteiger partial charge >= 0.3 is 6.09 Å². The fourth-order valence-corrected chi connectivity index (χ4v) is 3.77. The highest BCUT2D eigenvalue weighted by molar-refractivity contribution is 5.89. The Balaban J connectivity index is 1.84. The standard InChI is InChI=1S/C23H29NO2/c1-5-17-11-12-21-19(15-17)20(23(2,3)4)13-14-24(21)22(25)26-16-18-9-7-6-8-10-18/h6-12,15,20H,5,13-14,16H2,1-4H3. The van der Waals surface area contributed by atoms with Gasteiger partial charge in [-0.05, 0) is 46.9 Å². The van der Waals surface area contributed by atoms with Crippen LogP contribution in [-0.4, -0.2) is 12.6 Å². The number of rotatable bonds is 3. The number of carbonyl (C=O) groups excluding carboxylic acids is 1. The maximum absolute atomic E-state index is 12.7. The fraction of sp³-hybridized carbons (Fsp3) is 0.435. The number of benzene rings is 2. The molecule has 0 fully saturated rings. The minimum atomic E-state index is -0.258. The first-order chi connectivity index (χ1) is 12.4. The van der Waals surface area contributed by atoms with Crippen LogP contribution >= 0.6 is 0 Å². The van der Waals surface area contributed by atoms with Crippen LogP contribution in [0.3, 0.4) is 0 Å². The van der Waals surface area contributed by atoms with Crippen LogP contribution in [-0.2, 0) is 17.8 Å². The lowest BCUT2D eigenvalue weighted by molar-refractivity contribution is 0.145. The number of amides is 1. The van der Waals surface area contributed by atoms with Gasteiger partial charge in [-0.2, -0.15) is 0 Å². The normalized spacial score (nSPS) is 16.9. The van der Waals surface area contributed by atoms with E-state index in [4.69, 9.17) is 4.74 Å². The molecule has 26 heavy (non-hydrogen) atoms. The lowest BCUT2D eigenvalue weighted by Crippen LogP contribution is -2.39. The van der Waals surface area contributed by atoms with E-state index in [1.165, 1.54) is 11.1 Å². The summed E-state index contributed by atoms with van der Waals surface area (Å²) in [5.41, 5.74) is 4.77. The smallest absolute Gasteiger partial charge is 0.414 e. The summed E-state index contributed by atoms with van der Waals surface area (Å²) in [7, 11) is 0. The second kappa shape index (κ2) is 7.53. The Morgan fingerprint density at radius 3 is 2.50 bits per heavy atom. The van der Waals surface area contributed by atoms with Crippen LogP contribution < -0.4 is 4.90 Å². The maximum Gasteiger partial charge on any atom is 0.414 e. The van der Waals surface area contributed by atoms with E-state index in [9.17, 15) is 4.79 Å². The third-order valence-corrected chi connectivity index (χ3v) is 5.28. The number of hydrogen-bond acceptors (Lipinski definition) is 2. The van der Waals surface area contributed by atoms with Crippen LogP contribution in [0.5, 0.6) is 0 Å². The summed E-state index contributed by atoms with van der Waals surface area (Å²) in [5.74, 6) is 0.446. The summed E-state index contributed by atoms with van der Waals surface area (Å²) < 4.78 is 5.59. The maximum atomic E-state index is 12.7. The molecule has 2 aromatic carbocycles. The molecule has 3 heteroatoms. The van der Waals surface area contributed by atoms with Gasteiger partial charge in [-0.25, -0.2) is 4.79 Å². The molecule has 0 aliphatic carbocycles. The Morgan fingerprint density at radius 2 is 1.85 bits per heavy atom. The molecule has 1 aliphatic heterocycles. The molecular weight excluding hydrogens is 322 g/mol. The molecule has 0 bridgehead atoms. The van der Waals surface area contributed by atoms with Gasteiger partial charge in [0.2, 0.25) is 0 Å². The highest BCUT2D eigenvalue weighted by atomic mass is 16.6. The van der Waals surface area contributed by atoms with Crippen LogP contribution in [0.4, 0.5) is 10.5 Å². The molecule has 2 aromatic rings. The first-order valence-electron chi connectivity index (χ1n) is 9.51. The number of ether oxygens (including phenoxy) is 1. The lowest BCUT2D eigenvalue weighted by atomic mass is 9.72. The molecule has 138 valence electrons. The van der Waals surface area contributed by atoms with Gasteiger partial charge in [-0.1, -0.05) is 70.2 Å². The Labute approximate surface area is 157 Å². The molecule has 0 aromatic heterocycles. The van der Waals surface area contributed by atoms with Gasteiger partial charge in [0.1, 0.15) is 6.61 Å². The van der Waals surface area contributed by atoms with Crippen molar-refractivity contribution in [2.45, 2.75) is 53.1 Å². The molecule has 0 radical (unpaired) electrons. The molecule has 1 unspecified atom stereocenters. The summed E-state index contributed by atoms with van der Waals surface area (Å²) in [6.07, 6.45) is 1.71. The fourth-order valence-electron chi connectivity index (χ4n) is 3.77. The minimum Gasteiger partial charge on any atom is -0.444 e. The molecule has 1 heterocycles. The van der Waals surface area contributed by atoms with E-state index in [0.717, 1.165) is 24.1 Å². The molecule has 1 atom stereocenters. The quantitative estimate of drug-likeness (QED) is 0.686. The number of hydrogen-bond donors (Lipinski definition) is 0. The van der Waals surface area contributed by atoms with E-state index >= 15 is 0 Å². The molecule has 3 nitrogen and oxygen atoms in total. The monoisotopic (exact) mass is 351 g/mol. The van der Waals surface area contributed by atoms with E-state index < -0.39 is 0 Å². The van der Waals surface area contributed by atoms with Crippen LogP contribution in [0.2, 0.25) is 0 Å². The Morgan fingerprint density at radius 1 is 1.12 bits per heavy atom. The molecule has 0 saturated heterocycles. The Kier molecular flexibility index (Phi) is 5.36. The van der Waals surface area contributed by atoms with Crippen molar-refractivity contribution in [2.24, 2.45) is 5.41 Å². The number of anilines is 1. The van der Waals surface area contributed by atoms with E-state index in [1.54, 1.807) is 4.90 Å². The van der Waals surface area contributed by atoms with Crippen molar-refractivity contribution in [1.29, 1.82) is 0 Å². The third kappa shape index (κ3) is 3.92. The van der Waals surface area contributed by atoms with Gasteiger partial charge in [0.05, 0.1) is 5.69 Å². The van der Waals surface area contributed by atoms with Crippen molar-refractivity contribution in [3.05, 3.63) is 65.2 Å². The van der Waals surface area contributed by atoms with Gasteiger partial charge < -0.3 is 4.74 Å². The zero-order valence-electron chi connectivity index (χ0n) is 16.3. The van der Waals surface area contributed by atoms with Gasteiger partial charge in [0, 0.05) is 6.54 Å². The molecular formula is C23H29NO2. The molecule has 0 N–H and O–H groups in total. The lowest BCUT2D eigenvalue weighted by Gasteiger charge is -2.40. The largest absolute Gasteiger partial charge is 0.444 e. The first-order valence-corrected chi connectivity index (χ1v) is 9.51. The number of aryl methyl sites for hydroxylation is 1. The summed E-state index contributed by atoms with van der Waals surface area (Å²) in [6, 6.07) is 16.3. The zero-order valence-corrected chi connectivity index (χ0v) is 16.3. The third-order valence-electron chi connectivity index (χ3n) is 5.28. The van der Waals surface area contributed by atoms with E-state index in [-0.39, 0.29) is 11.5 Å². The number of nitrogens with zero attached hydrogens (tertiary/aromatic N) is 1. The minimum absolute atomic E-state index is 0.168. The van der Waals surface area contributed by atoms with Crippen molar-refractivity contribution in [3.63, 3.8) is 0 Å². The van der Waals surface area contributed by atoms with Gasteiger partial charge in [-0.3, -0.25) is 4.90 Å². The van der Waals surface area contributed by atoms with Gasteiger partial charge in [0.25, 0.3) is 0 Å². The van der Waals surface area contributed by atoms with Crippen LogP contribution in [0, 0.1) is 5.41 Å². The highest BCUT2D eigenvalue weighted by Crippen LogP contribution is 2.45. The topological polar surface area (TPSA) is 29.5 Å². The SMILES string of the molecule is CCc1ccc2c(c1)C(C(C)(C)C)CCN2C(=O)OCc1ccccc1. The number of fused-ring (bicyclic) bond motifs is 1. The second-order valence-corrected chi connectivity index (χ2v) is 8.15. The average Bonchev–Trinajstić information content (AvgIpc) is 2.64. The molecule has 0 saturated carbocycles. The average molecular weight is 351 g/mol. The van der Waals surface area contributed by atoms with Crippen molar-refractivity contribution < 1.29 is 9.53 Å². The van der Waals surface area contributed by atoms with Crippen LogP contribution in [0.15, 0.2) is 48.5 Å². The van der Waals surface area contributed by atoms with Gasteiger partial charge in [-0.15, -0.1) is 0 Å². The van der Waals surface area contributed by atoms with Crippen molar-refractivity contribution in [1.82, 2.24) is 0 Å². The summed E-state index contributed by atoms with van der Waals surface area (Å²) >= 11 is 0. The second-order valence-electron chi connectivity index (χ2n) is 8.15. The van der Waals surface area contributed by atoms with E-state index in [0.29, 0.717) is 19.1 Å². The van der Waals surface area contributed by atoms with Gasteiger partial charge in [0.15, 0.2) is 0 Å². The van der Waals surface area contributed by atoms with Crippen molar-refractivity contribution >= 4 is 11.8 Å². The van der Waals surface area contributed by atoms with Crippen LogP contribution in [0.25, 0.3) is 0 Å². The summed E-state index contributed by atoms with van der Waals surface area (Å²) in [6.45, 7) is 10.0. The highest BCUT2D eigenvalue weighted by Gasteiger charge is 2.35. The van der Waals surface area contributed by atoms with Crippen LogP contribution in [0.1, 0.15) is 56.7 Å². The first kappa shape index (κ1) is 18.5. The predicted octanol–water partition coefficient (Wildman–Crippen LogP) is 5.93. The Hall–Kier alpha value is -2.29. The Bertz CT molecular complexity index is 762. The van der Waals surface area contributed by atoms with E-state index in [1.807, 2.05) is 30.3 Å². The zero-order chi connectivity index (χ0) is 18.7. The van der Waals surface area contributed by atoms with Crippen molar-refractivity contribution in [2.75, 3.05) is 11.4 Å². The number of carbonyl (C=O) groups is 1. The summed E-state index contributed by atoms with van der Waals surface area (Å²) in [4.78, 5) is 14.6. The molecule has 1 amide bonds. The van der Waals surface area contributed by atoms with Crippen molar-refractivity contribution in [3.8, 4) is 0 Å². The predicted molar refractivity (Wildman–Crippen MR) is 107 cm³/mol. The van der Waals surface area contributed by atoms with E-state index in [2.05, 4.69) is 45.9 Å². The molecule has 1 aliphatic rings. The summed E-state index contributed by atoms with van der Waals surface area (Å²) in [5, 5.41) is 0.